The lowest BCUT2D eigenvalue weighted by molar-refractivity contribution is -0.120. The number of hydrogen-bond donors (Lipinski definition) is 0. The van der Waals surface area contributed by atoms with Gasteiger partial charge in [-0.3, -0.25) is 4.79 Å². The Morgan fingerprint density at radius 1 is 1.71 bits per heavy atom. The van der Waals surface area contributed by atoms with E-state index in [1.54, 1.807) is 6.20 Å². The van der Waals surface area contributed by atoms with Crippen molar-refractivity contribution in [3.8, 4) is 0 Å². The largest absolute Gasteiger partial charge is 0.338 e. The van der Waals surface area contributed by atoms with Crippen LogP contribution in [0.2, 0.25) is 0 Å². The Balaban J connectivity index is 1.83. The Morgan fingerprint density at radius 3 is 2.93 bits per heavy atom. The van der Waals surface area contributed by atoms with Crippen molar-refractivity contribution in [1.82, 2.24) is 9.55 Å². The molecule has 3 nitrogen and oxygen atoms in total. The fourth-order valence-corrected chi connectivity index (χ4v) is 1.83. The number of carbonyl (C=O) groups is 1. The van der Waals surface area contributed by atoms with Gasteiger partial charge in [-0.05, 0) is 12.3 Å². The molecule has 0 N–H and O–H groups in total. The van der Waals surface area contributed by atoms with Gasteiger partial charge < -0.3 is 4.57 Å². The average Bonchev–Trinajstić information content (AvgIpc) is 2.74. The van der Waals surface area contributed by atoms with E-state index in [2.05, 4.69) is 11.9 Å². The van der Waals surface area contributed by atoms with Gasteiger partial charge in [0, 0.05) is 38.2 Å². The summed E-state index contributed by atoms with van der Waals surface area (Å²) in [5.74, 6) is 2.41. The molecule has 0 spiro atoms. The Hall–Kier alpha value is -1.12. The second-order valence-electron chi connectivity index (χ2n) is 4.24. The van der Waals surface area contributed by atoms with Gasteiger partial charge in [0.2, 0.25) is 0 Å². The van der Waals surface area contributed by atoms with Crippen molar-refractivity contribution in [1.29, 1.82) is 0 Å². The molecule has 76 valence electrons. The van der Waals surface area contributed by atoms with Crippen molar-refractivity contribution < 1.29 is 4.79 Å². The third kappa shape index (κ3) is 1.86. The summed E-state index contributed by atoms with van der Waals surface area (Å²) >= 11 is 0. The standard InChI is InChI=1S/C11H16N2O/c1-8-7-9(8)10(14)3-4-11-12-5-6-13(11)2/h5-6,8-9H,3-4,7H2,1-2H3. The predicted molar refractivity (Wildman–Crippen MR) is 53.8 cm³/mol. The zero-order valence-corrected chi connectivity index (χ0v) is 8.73. The number of imidazole rings is 1. The van der Waals surface area contributed by atoms with Gasteiger partial charge in [0.05, 0.1) is 0 Å². The summed E-state index contributed by atoms with van der Waals surface area (Å²) in [6, 6.07) is 0. The topological polar surface area (TPSA) is 34.9 Å². The molecule has 0 aromatic carbocycles. The first kappa shape index (κ1) is 9.44. The molecule has 0 aliphatic heterocycles. The second-order valence-corrected chi connectivity index (χ2v) is 4.24. The molecule has 3 heteroatoms. The highest BCUT2D eigenvalue weighted by Gasteiger charge is 2.38. The van der Waals surface area contributed by atoms with Crippen LogP contribution in [0.3, 0.4) is 0 Å². The van der Waals surface area contributed by atoms with E-state index >= 15 is 0 Å². The molecule has 0 bridgehead atoms. The van der Waals surface area contributed by atoms with Crippen molar-refractivity contribution in [2.45, 2.75) is 26.2 Å². The zero-order chi connectivity index (χ0) is 10.1. The number of nitrogens with zero attached hydrogens (tertiary/aromatic N) is 2. The number of rotatable bonds is 4. The van der Waals surface area contributed by atoms with Gasteiger partial charge in [-0.15, -0.1) is 0 Å². The molecule has 2 unspecified atom stereocenters. The molecule has 1 fully saturated rings. The summed E-state index contributed by atoms with van der Waals surface area (Å²) < 4.78 is 1.98. The highest BCUT2D eigenvalue weighted by molar-refractivity contribution is 5.83. The molecule has 1 aliphatic carbocycles. The van der Waals surface area contributed by atoms with Crippen LogP contribution in [-0.2, 0) is 18.3 Å². The lowest BCUT2D eigenvalue weighted by Gasteiger charge is -2.00. The van der Waals surface area contributed by atoms with Crippen LogP contribution in [0.1, 0.15) is 25.6 Å². The molecule has 1 heterocycles. The van der Waals surface area contributed by atoms with Crippen LogP contribution >= 0.6 is 0 Å². The summed E-state index contributed by atoms with van der Waals surface area (Å²) in [5.41, 5.74) is 0. The van der Waals surface area contributed by atoms with Crippen molar-refractivity contribution in [3.63, 3.8) is 0 Å². The highest BCUT2D eigenvalue weighted by atomic mass is 16.1. The molecule has 1 saturated carbocycles. The summed E-state index contributed by atoms with van der Waals surface area (Å²) in [4.78, 5) is 15.8. The van der Waals surface area contributed by atoms with E-state index in [0.717, 1.165) is 18.7 Å². The molecule has 1 aromatic heterocycles. The Labute approximate surface area is 84.1 Å². The first-order valence-electron chi connectivity index (χ1n) is 5.17. The number of aryl methyl sites for hydroxylation is 2. The number of hydrogen-bond acceptors (Lipinski definition) is 2. The second kappa shape index (κ2) is 3.56. The van der Waals surface area contributed by atoms with E-state index < -0.39 is 0 Å². The Bertz CT molecular complexity index is 343. The SMILES string of the molecule is CC1CC1C(=O)CCc1nccn1C. The first-order chi connectivity index (χ1) is 6.68. The quantitative estimate of drug-likeness (QED) is 0.726. The van der Waals surface area contributed by atoms with Crippen molar-refractivity contribution >= 4 is 5.78 Å². The minimum Gasteiger partial charge on any atom is -0.338 e. The smallest absolute Gasteiger partial charge is 0.136 e. The van der Waals surface area contributed by atoms with Crippen LogP contribution in [0.25, 0.3) is 0 Å². The molecular weight excluding hydrogens is 176 g/mol. The maximum atomic E-state index is 11.6. The number of Topliss-reactive ketones (excluding diaryl/α,β-unsaturated/α-hetero) is 1. The molecule has 1 aliphatic rings. The van der Waals surface area contributed by atoms with Gasteiger partial charge in [-0.25, -0.2) is 4.98 Å². The number of ketones is 1. The van der Waals surface area contributed by atoms with Gasteiger partial charge >= 0.3 is 0 Å². The van der Waals surface area contributed by atoms with E-state index in [0.29, 0.717) is 24.0 Å². The summed E-state index contributed by atoms with van der Waals surface area (Å²) in [7, 11) is 1.96. The molecule has 0 radical (unpaired) electrons. The van der Waals surface area contributed by atoms with Crippen LogP contribution in [0.4, 0.5) is 0 Å². The first-order valence-corrected chi connectivity index (χ1v) is 5.17. The molecular formula is C11H16N2O. The summed E-state index contributed by atoms with van der Waals surface area (Å²) in [5, 5.41) is 0. The summed E-state index contributed by atoms with van der Waals surface area (Å²) in [6.07, 6.45) is 6.23. The summed E-state index contributed by atoms with van der Waals surface area (Å²) in [6.45, 7) is 2.14. The molecule has 2 atom stereocenters. The molecule has 1 aromatic rings. The zero-order valence-electron chi connectivity index (χ0n) is 8.73. The van der Waals surface area contributed by atoms with E-state index in [1.165, 1.54) is 0 Å². The Kier molecular flexibility index (Phi) is 2.40. The number of aromatic nitrogens is 2. The molecule has 0 amide bonds. The van der Waals surface area contributed by atoms with Crippen molar-refractivity contribution in [3.05, 3.63) is 18.2 Å². The number of carbonyl (C=O) groups excluding carboxylic acids is 1. The molecule has 0 saturated heterocycles. The van der Waals surface area contributed by atoms with Gasteiger partial charge in [0.15, 0.2) is 0 Å². The minimum absolute atomic E-state index is 0.357. The monoisotopic (exact) mass is 192 g/mol. The van der Waals surface area contributed by atoms with E-state index in [1.807, 2.05) is 17.8 Å². The Morgan fingerprint density at radius 2 is 2.43 bits per heavy atom. The van der Waals surface area contributed by atoms with Gasteiger partial charge in [0.25, 0.3) is 0 Å². The molecule has 14 heavy (non-hydrogen) atoms. The van der Waals surface area contributed by atoms with Crippen LogP contribution in [0.15, 0.2) is 12.4 Å². The van der Waals surface area contributed by atoms with Crippen molar-refractivity contribution in [2.75, 3.05) is 0 Å². The fourth-order valence-electron chi connectivity index (χ4n) is 1.83. The predicted octanol–water partition coefficient (Wildman–Crippen LogP) is 1.58. The van der Waals surface area contributed by atoms with E-state index in [-0.39, 0.29) is 0 Å². The third-order valence-electron chi connectivity index (χ3n) is 3.04. The normalized spacial score (nSPS) is 25.0. The van der Waals surface area contributed by atoms with Gasteiger partial charge in [-0.2, -0.15) is 0 Å². The average molecular weight is 192 g/mol. The fraction of sp³-hybridized carbons (Fsp3) is 0.636. The third-order valence-corrected chi connectivity index (χ3v) is 3.04. The maximum absolute atomic E-state index is 11.6. The lowest BCUT2D eigenvalue weighted by atomic mass is 10.1. The lowest BCUT2D eigenvalue weighted by Crippen LogP contribution is -2.06. The van der Waals surface area contributed by atoms with Crippen LogP contribution in [0, 0.1) is 11.8 Å². The maximum Gasteiger partial charge on any atom is 0.136 e. The highest BCUT2D eigenvalue weighted by Crippen LogP contribution is 2.39. The van der Waals surface area contributed by atoms with Crippen LogP contribution in [0.5, 0.6) is 0 Å². The minimum atomic E-state index is 0.357. The van der Waals surface area contributed by atoms with E-state index in [9.17, 15) is 4.79 Å². The van der Waals surface area contributed by atoms with Gasteiger partial charge in [0.1, 0.15) is 11.6 Å². The van der Waals surface area contributed by atoms with E-state index in [4.69, 9.17) is 0 Å². The van der Waals surface area contributed by atoms with Gasteiger partial charge in [-0.1, -0.05) is 6.92 Å². The van der Waals surface area contributed by atoms with Crippen LogP contribution in [-0.4, -0.2) is 15.3 Å². The van der Waals surface area contributed by atoms with Crippen molar-refractivity contribution in [2.24, 2.45) is 18.9 Å². The van der Waals surface area contributed by atoms with Crippen LogP contribution < -0.4 is 0 Å². The molecule has 2 rings (SSSR count).